The predicted octanol–water partition coefficient (Wildman–Crippen LogP) is 0.827. The van der Waals surface area contributed by atoms with Gasteiger partial charge in [0.2, 0.25) is 0 Å². The van der Waals surface area contributed by atoms with E-state index in [0.29, 0.717) is 13.2 Å². The summed E-state index contributed by atoms with van der Waals surface area (Å²) in [6.07, 6.45) is 0. The third-order valence-electron chi connectivity index (χ3n) is 2.84. The number of rotatable bonds is 5. The molecule has 0 radical (unpaired) electrons. The van der Waals surface area contributed by atoms with Crippen molar-refractivity contribution in [3.05, 3.63) is 45.6 Å². The Morgan fingerprint density at radius 3 is 2.85 bits per heavy atom. The Morgan fingerprint density at radius 2 is 2.25 bits per heavy atom. The molecule has 0 bridgehead atoms. The van der Waals surface area contributed by atoms with Crippen molar-refractivity contribution in [2.24, 2.45) is 5.84 Å². The zero-order valence-electron chi connectivity index (χ0n) is 11.0. The monoisotopic (exact) mass is 293 g/mol. The second-order valence-corrected chi connectivity index (χ2v) is 4.98. The van der Waals surface area contributed by atoms with E-state index in [1.165, 1.54) is 22.0 Å². The number of pyridine rings is 1. The van der Waals surface area contributed by atoms with E-state index >= 15 is 0 Å². The second-order valence-electron chi connectivity index (χ2n) is 4.03. The molecule has 6 nitrogen and oxygen atoms in total. The summed E-state index contributed by atoms with van der Waals surface area (Å²) in [6, 6.07) is 7.06. The molecule has 2 aromatic rings. The number of carbonyl (C=O) groups is 1. The van der Waals surface area contributed by atoms with Crippen molar-refractivity contribution < 1.29 is 9.53 Å². The van der Waals surface area contributed by atoms with E-state index < -0.39 is 5.91 Å². The Morgan fingerprint density at radius 1 is 1.45 bits per heavy atom. The van der Waals surface area contributed by atoms with Crippen LogP contribution in [0.25, 0.3) is 10.6 Å². The molecule has 0 saturated heterocycles. The number of nitrogens with two attached hydrogens (primary N) is 1. The summed E-state index contributed by atoms with van der Waals surface area (Å²) in [5.41, 5.74) is 2.38. The standard InChI is InChI=1S/C13H15N3O3S/c1-19-7-6-16-10(11-3-2-8-20-11)5-4-9(13(16)18)12(17)15-14/h2-5,8H,6-7,14H2,1H3,(H,15,17). The minimum absolute atomic E-state index is 0.0175. The van der Waals surface area contributed by atoms with Gasteiger partial charge in [-0.05, 0) is 23.6 Å². The third kappa shape index (κ3) is 2.79. The number of amides is 1. The van der Waals surface area contributed by atoms with Crippen molar-refractivity contribution in [3.63, 3.8) is 0 Å². The molecule has 2 heterocycles. The minimum Gasteiger partial charge on any atom is -0.383 e. The average molecular weight is 293 g/mol. The first kappa shape index (κ1) is 14.4. The Kier molecular flexibility index (Phi) is 4.67. The molecule has 0 unspecified atom stereocenters. The van der Waals surface area contributed by atoms with Crippen LogP contribution < -0.4 is 16.8 Å². The van der Waals surface area contributed by atoms with Crippen molar-refractivity contribution in [3.8, 4) is 10.6 Å². The number of hydrogen-bond acceptors (Lipinski definition) is 5. The van der Waals surface area contributed by atoms with Gasteiger partial charge in [-0.25, -0.2) is 5.84 Å². The fraction of sp³-hybridized carbons (Fsp3) is 0.231. The SMILES string of the molecule is COCCn1c(-c2cccs2)ccc(C(=O)NN)c1=O. The van der Waals surface area contributed by atoms with Crippen LogP contribution in [0.5, 0.6) is 0 Å². The molecule has 106 valence electrons. The zero-order chi connectivity index (χ0) is 14.5. The number of thiophene rings is 1. The largest absolute Gasteiger partial charge is 0.383 e. The van der Waals surface area contributed by atoms with Gasteiger partial charge in [-0.15, -0.1) is 11.3 Å². The molecule has 0 fully saturated rings. The van der Waals surface area contributed by atoms with Crippen LogP contribution in [0.1, 0.15) is 10.4 Å². The van der Waals surface area contributed by atoms with Gasteiger partial charge in [0, 0.05) is 13.7 Å². The van der Waals surface area contributed by atoms with Gasteiger partial charge in [-0.3, -0.25) is 15.0 Å². The summed E-state index contributed by atoms with van der Waals surface area (Å²) in [5, 5.41) is 1.93. The summed E-state index contributed by atoms with van der Waals surface area (Å²) in [5.74, 6) is 4.49. The Labute approximate surface area is 119 Å². The van der Waals surface area contributed by atoms with Crippen LogP contribution in [0.2, 0.25) is 0 Å². The number of aromatic nitrogens is 1. The lowest BCUT2D eigenvalue weighted by molar-refractivity contribution is 0.0951. The molecule has 0 aliphatic heterocycles. The van der Waals surface area contributed by atoms with Gasteiger partial charge in [0.05, 0.1) is 17.2 Å². The summed E-state index contributed by atoms with van der Waals surface area (Å²) in [6.45, 7) is 0.750. The maximum atomic E-state index is 12.4. The number of nitrogens with zero attached hydrogens (tertiary/aromatic N) is 1. The molecule has 1 amide bonds. The van der Waals surface area contributed by atoms with E-state index in [4.69, 9.17) is 10.6 Å². The highest BCUT2D eigenvalue weighted by Gasteiger charge is 2.15. The van der Waals surface area contributed by atoms with E-state index in [2.05, 4.69) is 0 Å². The van der Waals surface area contributed by atoms with Crippen molar-refractivity contribution >= 4 is 17.2 Å². The molecule has 0 aromatic carbocycles. The maximum Gasteiger partial charge on any atom is 0.270 e. The highest BCUT2D eigenvalue weighted by atomic mass is 32.1. The molecular weight excluding hydrogens is 278 g/mol. The summed E-state index contributed by atoms with van der Waals surface area (Å²) >= 11 is 1.53. The fourth-order valence-corrected chi connectivity index (χ4v) is 2.63. The lowest BCUT2D eigenvalue weighted by atomic mass is 10.2. The van der Waals surface area contributed by atoms with Gasteiger partial charge >= 0.3 is 0 Å². The van der Waals surface area contributed by atoms with Crippen LogP contribution in [-0.4, -0.2) is 24.2 Å². The van der Waals surface area contributed by atoms with Gasteiger partial charge in [-0.2, -0.15) is 0 Å². The van der Waals surface area contributed by atoms with Crippen molar-refractivity contribution in [1.82, 2.24) is 9.99 Å². The normalized spacial score (nSPS) is 10.5. The molecule has 0 atom stereocenters. The second kappa shape index (κ2) is 6.47. The first-order valence-corrected chi connectivity index (χ1v) is 6.84. The molecule has 7 heteroatoms. The lowest BCUT2D eigenvalue weighted by Crippen LogP contribution is -2.37. The number of hydrazine groups is 1. The van der Waals surface area contributed by atoms with Crippen LogP contribution >= 0.6 is 11.3 Å². The van der Waals surface area contributed by atoms with Gasteiger partial charge < -0.3 is 9.30 Å². The molecule has 2 rings (SSSR count). The first-order chi connectivity index (χ1) is 9.69. The molecule has 3 N–H and O–H groups in total. The van der Waals surface area contributed by atoms with Crippen LogP contribution in [0.15, 0.2) is 34.4 Å². The van der Waals surface area contributed by atoms with E-state index in [1.807, 2.05) is 22.9 Å². The van der Waals surface area contributed by atoms with Crippen molar-refractivity contribution in [2.45, 2.75) is 6.54 Å². The minimum atomic E-state index is -0.598. The van der Waals surface area contributed by atoms with Crippen LogP contribution in [0, 0.1) is 0 Å². The molecule has 2 aromatic heterocycles. The number of methoxy groups -OCH3 is 1. The van der Waals surface area contributed by atoms with E-state index in [1.54, 1.807) is 13.2 Å². The highest BCUT2D eigenvalue weighted by Crippen LogP contribution is 2.23. The molecule has 20 heavy (non-hydrogen) atoms. The molecule has 0 aliphatic carbocycles. The molecule has 0 spiro atoms. The molecule has 0 saturated carbocycles. The zero-order valence-corrected chi connectivity index (χ0v) is 11.8. The van der Waals surface area contributed by atoms with Gasteiger partial charge in [0.1, 0.15) is 5.56 Å². The summed E-state index contributed by atoms with van der Waals surface area (Å²) in [4.78, 5) is 24.9. The van der Waals surface area contributed by atoms with Gasteiger partial charge in [0.25, 0.3) is 11.5 Å². The van der Waals surface area contributed by atoms with Crippen LogP contribution in [0.4, 0.5) is 0 Å². The van der Waals surface area contributed by atoms with Crippen LogP contribution in [-0.2, 0) is 11.3 Å². The smallest absolute Gasteiger partial charge is 0.270 e. The summed E-state index contributed by atoms with van der Waals surface area (Å²) in [7, 11) is 1.56. The van der Waals surface area contributed by atoms with E-state index in [0.717, 1.165) is 10.6 Å². The van der Waals surface area contributed by atoms with E-state index in [9.17, 15) is 9.59 Å². The van der Waals surface area contributed by atoms with Crippen molar-refractivity contribution in [1.29, 1.82) is 0 Å². The van der Waals surface area contributed by atoms with Crippen molar-refractivity contribution in [2.75, 3.05) is 13.7 Å². The van der Waals surface area contributed by atoms with Gasteiger partial charge in [-0.1, -0.05) is 6.07 Å². The number of nitrogens with one attached hydrogen (secondary N) is 1. The van der Waals surface area contributed by atoms with E-state index in [-0.39, 0.29) is 11.1 Å². The molecular formula is C13H15N3O3S. The Hall–Kier alpha value is -1.96. The average Bonchev–Trinajstić information content (AvgIpc) is 2.99. The Bertz CT molecular complexity index is 649. The number of ether oxygens (including phenoxy) is 1. The number of carbonyl (C=O) groups excluding carboxylic acids is 1. The predicted molar refractivity (Wildman–Crippen MR) is 77.5 cm³/mol. The highest BCUT2D eigenvalue weighted by molar-refractivity contribution is 7.13. The van der Waals surface area contributed by atoms with Crippen LogP contribution in [0.3, 0.4) is 0 Å². The topological polar surface area (TPSA) is 86.3 Å². The third-order valence-corrected chi connectivity index (χ3v) is 3.73. The van der Waals surface area contributed by atoms with Gasteiger partial charge in [0.15, 0.2) is 0 Å². The fourth-order valence-electron chi connectivity index (χ4n) is 1.87. The number of nitrogen functional groups attached to an aromatic ring is 1. The Balaban J connectivity index is 2.56. The quantitative estimate of drug-likeness (QED) is 0.485. The molecule has 0 aliphatic rings. The summed E-state index contributed by atoms with van der Waals surface area (Å²) < 4.78 is 6.55. The lowest BCUT2D eigenvalue weighted by Gasteiger charge is -2.12. The maximum absolute atomic E-state index is 12.4. The number of hydrogen-bond donors (Lipinski definition) is 2. The first-order valence-electron chi connectivity index (χ1n) is 5.96.